The molecule has 0 aliphatic rings. The fraction of sp³-hybridized carbons (Fsp3) is 0.143. The maximum Gasteiger partial charge on any atom is 0.155 e. The van der Waals surface area contributed by atoms with Gasteiger partial charge in [0.05, 0.1) is 13.3 Å². The molecule has 2 aromatic heterocycles. The third-order valence-electron chi connectivity index (χ3n) is 1.48. The van der Waals surface area contributed by atoms with Gasteiger partial charge in [0, 0.05) is 0 Å². The second-order valence-electron chi connectivity index (χ2n) is 2.13. The SMILES string of the molecule is COc1ccc2ncnn2c1. The highest BCUT2D eigenvalue weighted by Gasteiger charge is 1.95. The summed E-state index contributed by atoms with van der Waals surface area (Å²) >= 11 is 0. The Bertz CT molecular complexity index is 368. The summed E-state index contributed by atoms with van der Waals surface area (Å²) in [6.45, 7) is 0. The second-order valence-corrected chi connectivity index (χ2v) is 2.13. The molecule has 4 nitrogen and oxygen atoms in total. The smallest absolute Gasteiger partial charge is 0.155 e. The number of fused-ring (bicyclic) bond motifs is 1. The van der Waals surface area contributed by atoms with Gasteiger partial charge in [0.15, 0.2) is 5.65 Å². The lowest BCUT2D eigenvalue weighted by Crippen LogP contribution is -1.89. The number of pyridine rings is 1. The highest BCUT2D eigenvalue weighted by Crippen LogP contribution is 2.09. The third kappa shape index (κ3) is 0.920. The Morgan fingerprint density at radius 2 is 2.36 bits per heavy atom. The van der Waals surface area contributed by atoms with E-state index in [1.807, 2.05) is 12.1 Å². The Hall–Kier alpha value is -1.58. The molecule has 56 valence electrons. The summed E-state index contributed by atoms with van der Waals surface area (Å²) in [5.74, 6) is 0.781. The van der Waals surface area contributed by atoms with Crippen molar-refractivity contribution in [2.24, 2.45) is 0 Å². The van der Waals surface area contributed by atoms with Gasteiger partial charge in [-0.05, 0) is 12.1 Å². The van der Waals surface area contributed by atoms with Crippen molar-refractivity contribution in [3.05, 3.63) is 24.7 Å². The molecule has 2 rings (SSSR count). The quantitative estimate of drug-likeness (QED) is 0.600. The molecule has 2 heterocycles. The van der Waals surface area contributed by atoms with Crippen LogP contribution in [0.15, 0.2) is 24.7 Å². The monoisotopic (exact) mass is 149 g/mol. The Morgan fingerprint density at radius 3 is 3.18 bits per heavy atom. The van der Waals surface area contributed by atoms with Crippen molar-refractivity contribution in [2.45, 2.75) is 0 Å². The molecule has 0 N–H and O–H groups in total. The Morgan fingerprint density at radius 1 is 1.45 bits per heavy atom. The average Bonchev–Trinajstić information content (AvgIpc) is 2.50. The van der Waals surface area contributed by atoms with Gasteiger partial charge >= 0.3 is 0 Å². The zero-order valence-corrected chi connectivity index (χ0v) is 6.06. The van der Waals surface area contributed by atoms with Gasteiger partial charge in [-0.3, -0.25) is 0 Å². The van der Waals surface area contributed by atoms with E-state index in [0.29, 0.717) is 0 Å². The van der Waals surface area contributed by atoms with Gasteiger partial charge in [0.1, 0.15) is 12.1 Å². The van der Waals surface area contributed by atoms with E-state index in [-0.39, 0.29) is 0 Å². The molecule has 11 heavy (non-hydrogen) atoms. The van der Waals surface area contributed by atoms with Crippen LogP contribution in [0.25, 0.3) is 5.65 Å². The van der Waals surface area contributed by atoms with Crippen molar-refractivity contribution in [2.75, 3.05) is 7.11 Å². The topological polar surface area (TPSA) is 39.4 Å². The minimum absolute atomic E-state index is 0.781. The number of methoxy groups -OCH3 is 1. The van der Waals surface area contributed by atoms with Gasteiger partial charge in [0.25, 0.3) is 0 Å². The summed E-state index contributed by atoms with van der Waals surface area (Å²) in [6.07, 6.45) is 3.29. The maximum atomic E-state index is 5.00. The number of rotatable bonds is 1. The van der Waals surface area contributed by atoms with Gasteiger partial charge < -0.3 is 4.74 Å². The van der Waals surface area contributed by atoms with Gasteiger partial charge in [-0.2, -0.15) is 5.10 Å². The highest BCUT2D eigenvalue weighted by atomic mass is 16.5. The predicted octanol–water partition coefficient (Wildman–Crippen LogP) is 0.738. The van der Waals surface area contributed by atoms with Gasteiger partial charge in [-0.15, -0.1) is 0 Å². The lowest BCUT2D eigenvalue weighted by atomic mass is 10.4. The van der Waals surface area contributed by atoms with Crippen LogP contribution in [-0.2, 0) is 0 Å². The summed E-state index contributed by atoms with van der Waals surface area (Å²) < 4.78 is 6.67. The molecule has 0 spiro atoms. The Kier molecular flexibility index (Phi) is 1.25. The van der Waals surface area contributed by atoms with E-state index in [0.717, 1.165) is 11.4 Å². The number of aromatic nitrogens is 3. The van der Waals surface area contributed by atoms with Gasteiger partial charge in [0.2, 0.25) is 0 Å². The molecule has 0 aliphatic carbocycles. The summed E-state index contributed by atoms with van der Waals surface area (Å²) in [5, 5.41) is 3.95. The van der Waals surface area contributed by atoms with Crippen molar-refractivity contribution >= 4 is 5.65 Å². The van der Waals surface area contributed by atoms with Gasteiger partial charge in [-0.25, -0.2) is 9.50 Å². The van der Waals surface area contributed by atoms with Crippen LogP contribution >= 0.6 is 0 Å². The van der Waals surface area contributed by atoms with E-state index in [1.54, 1.807) is 17.8 Å². The van der Waals surface area contributed by atoms with Crippen LogP contribution in [0.4, 0.5) is 0 Å². The van der Waals surface area contributed by atoms with Crippen LogP contribution in [-0.4, -0.2) is 21.7 Å². The molecule has 0 bridgehead atoms. The molecule has 0 aromatic carbocycles. The summed E-state index contributed by atoms with van der Waals surface area (Å²) in [7, 11) is 1.62. The number of hydrogen-bond donors (Lipinski definition) is 0. The molecule has 0 amide bonds. The molecule has 2 aromatic rings. The van der Waals surface area contributed by atoms with Crippen molar-refractivity contribution in [3.8, 4) is 5.75 Å². The first-order valence-corrected chi connectivity index (χ1v) is 3.23. The fourth-order valence-electron chi connectivity index (χ4n) is 0.919. The fourth-order valence-corrected chi connectivity index (χ4v) is 0.919. The average molecular weight is 149 g/mol. The van der Waals surface area contributed by atoms with Crippen molar-refractivity contribution in [3.63, 3.8) is 0 Å². The maximum absolute atomic E-state index is 5.00. The van der Waals surface area contributed by atoms with Crippen LogP contribution in [0.5, 0.6) is 5.75 Å². The first-order chi connectivity index (χ1) is 5.40. The third-order valence-corrected chi connectivity index (χ3v) is 1.48. The van der Waals surface area contributed by atoms with Crippen LogP contribution in [0.1, 0.15) is 0 Å². The van der Waals surface area contributed by atoms with Crippen molar-refractivity contribution in [1.29, 1.82) is 0 Å². The number of hydrogen-bond acceptors (Lipinski definition) is 3. The molecule has 4 heteroatoms. The Labute approximate surface area is 63.4 Å². The lowest BCUT2D eigenvalue weighted by Gasteiger charge is -1.97. The van der Waals surface area contributed by atoms with E-state index in [2.05, 4.69) is 10.1 Å². The van der Waals surface area contributed by atoms with Crippen LogP contribution < -0.4 is 4.74 Å². The van der Waals surface area contributed by atoms with Crippen molar-refractivity contribution < 1.29 is 4.74 Å². The first kappa shape index (κ1) is 6.15. The van der Waals surface area contributed by atoms with E-state index in [1.165, 1.54) is 6.33 Å². The molecule has 0 atom stereocenters. The van der Waals surface area contributed by atoms with Crippen molar-refractivity contribution in [1.82, 2.24) is 14.6 Å². The zero-order valence-electron chi connectivity index (χ0n) is 6.06. The van der Waals surface area contributed by atoms with E-state index >= 15 is 0 Å². The Balaban J connectivity index is 2.67. The summed E-state index contributed by atoms with van der Waals surface area (Å²) in [5.41, 5.74) is 0.825. The number of ether oxygens (including phenoxy) is 1. The largest absolute Gasteiger partial charge is 0.495 e. The molecule has 0 aliphatic heterocycles. The van der Waals surface area contributed by atoms with Crippen LogP contribution in [0.2, 0.25) is 0 Å². The van der Waals surface area contributed by atoms with E-state index in [9.17, 15) is 0 Å². The van der Waals surface area contributed by atoms with E-state index < -0.39 is 0 Å². The normalized spacial score (nSPS) is 10.3. The molecule has 0 radical (unpaired) electrons. The zero-order chi connectivity index (χ0) is 7.68. The van der Waals surface area contributed by atoms with Gasteiger partial charge in [-0.1, -0.05) is 0 Å². The molecule has 0 saturated heterocycles. The number of nitrogens with zero attached hydrogens (tertiary/aromatic N) is 3. The summed E-state index contributed by atoms with van der Waals surface area (Å²) in [6, 6.07) is 3.70. The van der Waals surface area contributed by atoms with Crippen LogP contribution in [0, 0.1) is 0 Å². The molecular weight excluding hydrogens is 142 g/mol. The first-order valence-electron chi connectivity index (χ1n) is 3.23. The summed E-state index contributed by atoms with van der Waals surface area (Å²) in [4.78, 5) is 3.99. The molecule has 0 saturated carbocycles. The molecular formula is C7H7N3O. The highest BCUT2D eigenvalue weighted by molar-refractivity contribution is 5.39. The standard InChI is InChI=1S/C7H7N3O/c1-11-6-2-3-7-8-5-9-10(7)4-6/h2-5H,1H3. The lowest BCUT2D eigenvalue weighted by molar-refractivity contribution is 0.411. The van der Waals surface area contributed by atoms with Crippen LogP contribution in [0.3, 0.4) is 0 Å². The molecule has 0 fully saturated rings. The predicted molar refractivity (Wildman–Crippen MR) is 39.5 cm³/mol. The minimum Gasteiger partial charge on any atom is -0.495 e. The van der Waals surface area contributed by atoms with E-state index in [4.69, 9.17) is 4.74 Å². The molecule has 0 unspecified atom stereocenters. The second kappa shape index (κ2) is 2.23. The minimum atomic E-state index is 0.781.